The fourth-order valence-electron chi connectivity index (χ4n) is 1.28. The van der Waals surface area contributed by atoms with Gasteiger partial charge in [0.1, 0.15) is 0 Å². The van der Waals surface area contributed by atoms with Gasteiger partial charge in [-0.1, -0.05) is 11.8 Å². The lowest BCUT2D eigenvalue weighted by molar-refractivity contribution is 0.103. The maximum atomic E-state index is 11.9. The molecule has 0 saturated carbocycles. The summed E-state index contributed by atoms with van der Waals surface area (Å²) < 4.78 is 0. The van der Waals surface area contributed by atoms with E-state index in [9.17, 15) is 4.79 Å². The van der Waals surface area contributed by atoms with Crippen LogP contribution >= 0.6 is 11.3 Å². The van der Waals surface area contributed by atoms with E-state index < -0.39 is 0 Å². The number of carbonyl (C=O) groups is 1. The number of nitrogens with zero attached hydrogens (tertiary/aromatic N) is 2. The van der Waals surface area contributed by atoms with Crippen molar-refractivity contribution in [3.63, 3.8) is 0 Å². The van der Waals surface area contributed by atoms with E-state index in [1.54, 1.807) is 24.3 Å². The number of amides is 1. The van der Waals surface area contributed by atoms with E-state index in [1.807, 2.05) is 0 Å². The Balaban J connectivity index is 2.03. The molecule has 0 unspecified atom stereocenters. The molecule has 0 radical (unpaired) electrons. The van der Waals surface area contributed by atoms with Crippen LogP contribution in [0.5, 0.6) is 0 Å². The lowest BCUT2D eigenvalue weighted by Gasteiger charge is -1.99. The Morgan fingerprint density at radius 3 is 3.05 bits per heavy atom. The SMILES string of the molecule is O=C(Nc1cccnn1)c1ccc(C#CCCO)s1. The second-order valence-corrected chi connectivity index (χ2v) is 4.59. The number of rotatable bonds is 3. The summed E-state index contributed by atoms with van der Waals surface area (Å²) in [7, 11) is 0. The highest BCUT2D eigenvalue weighted by atomic mass is 32.1. The first-order valence-electron chi connectivity index (χ1n) is 5.58. The smallest absolute Gasteiger partial charge is 0.266 e. The molecule has 96 valence electrons. The summed E-state index contributed by atoms with van der Waals surface area (Å²) >= 11 is 1.30. The summed E-state index contributed by atoms with van der Waals surface area (Å²) in [6.07, 6.45) is 1.97. The third kappa shape index (κ3) is 3.88. The first-order chi connectivity index (χ1) is 9.29. The summed E-state index contributed by atoms with van der Waals surface area (Å²) in [6, 6.07) is 6.85. The lowest BCUT2D eigenvalue weighted by Crippen LogP contribution is -2.11. The Bertz CT molecular complexity index is 614. The molecular formula is C13H11N3O2S. The molecule has 0 aliphatic heterocycles. The minimum absolute atomic E-state index is 0.0401. The fourth-order valence-corrected chi connectivity index (χ4v) is 2.05. The number of hydrogen-bond donors (Lipinski definition) is 2. The van der Waals surface area contributed by atoms with Gasteiger partial charge < -0.3 is 10.4 Å². The second kappa shape index (κ2) is 6.64. The van der Waals surface area contributed by atoms with Crippen LogP contribution in [-0.4, -0.2) is 27.8 Å². The van der Waals surface area contributed by atoms with Gasteiger partial charge >= 0.3 is 0 Å². The Morgan fingerprint density at radius 1 is 1.42 bits per heavy atom. The molecule has 0 bridgehead atoms. The van der Waals surface area contributed by atoms with Gasteiger partial charge in [-0.25, -0.2) is 0 Å². The quantitative estimate of drug-likeness (QED) is 0.831. The molecule has 0 fully saturated rings. The molecular weight excluding hydrogens is 262 g/mol. The summed E-state index contributed by atoms with van der Waals surface area (Å²) in [6.45, 7) is 0.0401. The molecule has 2 aromatic heterocycles. The maximum Gasteiger partial charge on any atom is 0.266 e. The number of aliphatic hydroxyl groups is 1. The Hall–Kier alpha value is -2.23. The monoisotopic (exact) mass is 273 g/mol. The van der Waals surface area contributed by atoms with E-state index >= 15 is 0 Å². The van der Waals surface area contributed by atoms with Crippen molar-refractivity contribution in [3.05, 3.63) is 40.2 Å². The summed E-state index contributed by atoms with van der Waals surface area (Å²) in [4.78, 5) is 13.2. The molecule has 19 heavy (non-hydrogen) atoms. The average molecular weight is 273 g/mol. The standard InChI is InChI=1S/C13H11N3O2S/c17-9-2-1-4-10-6-7-11(19-10)13(18)15-12-5-3-8-14-16-12/h3,5-8,17H,2,9H2,(H,15,16,18). The minimum atomic E-state index is -0.235. The van der Waals surface area contributed by atoms with Crippen molar-refractivity contribution < 1.29 is 9.90 Å². The van der Waals surface area contributed by atoms with Crippen LogP contribution in [0.3, 0.4) is 0 Å². The van der Waals surface area contributed by atoms with Crippen molar-refractivity contribution in [2.45, 2.75) is 6.42 Å². The number of carbonyl (C=O) groups excluding carboxylic acids is 1. The summed E-state index contributed by atoms with van der Waals surface area (Å²) in [5, 5.41) is 18.7. The molecule has 0 atom stereocenters. The number of hydrogen-bond acceptors (Lipinski definition) is 5. The van der Waals surface area contributed by atoms with Gasteiger partial charge in [-0.15, -0.1) is 16.4 Å². The fraction of sp³-hybridized carbons (Fsp3) is 0.154. The van der Waals surface area contributed by atoms with E-state index in [0.29, 0.717) is 17.1 Å². The van der Waals surface area contributed by atoms with Crippen LogP contribution in [0.25, 0.3) is 0 Å². The van der Waals surface area contributed by atoms with Crippen LogP contribution < -0.4 is 5.32 Å². The van der Waals surface area contributed by atoms with Crippen LogP contribution in [0.2, 0.25) is 0 Å². The van der Waals surface area contributed by atoms with Crippen LogP contribution in [0.1, 0.15) is 21.0 Å². The molecule has 6 heteroatoms. The number of aliphatic hydroxyl groups excluding tert-OH is 1. The van der Waals surface area contributed by atoms with Gasteiger partial charge in [0.05, 0.1) is 16.4 Å². The van der Waals surface area contributed by atoms with Gasteiger partial charge in [-0.2, -0.15) is 5.10 Å². The zero-order chi connectivity index (χ0) is 13.5. The molecule has 0 aromatic carbocycles. The van der Waals surface area contributed by atoms with Gasteiger partial charge in [-0.05, 0) is 24.3 Å². The van der Waals surface area contributed by atoms with Crippen LogP contribution in [0, 0.1) is 11.8 Å². The van der Waals surface area contributed by atoms with Gasteiger partial charge in [-0.3, -0.25) is 4.79 Å². The third-order valence-electron chi connectivity index (χ3n) is 2.09. The van der Waals surface area contributed by atoms with Crippen molar-refractivity contribution in [1.29, 1.82) is 0 Å². The highest BCUT2D eigenvalue weighted by molar-refractivity contribution is 7.14. The molecule has 1 amide bonds. The van der Waals surface area contributed by atoms with Crippen molar-refractivity contribution in [3.8, 4) is 11.8 Å². The van der Waals surface area contributed by atoms with Crippen molar-refractivity contribution >= 4 is 23.1 Å². The molecule has 5 nitrogen and oxygen atoms in total. The number of nitrogens with one attached hydrogen (secondary N) is 1. The Labute approximate surface area is 114 Å². The van der Waals surface area contributed by atoms with E-state index in [-0.39, 0.29) is 12.5 Å². The molecule has 0 saturated heterocycles. The normalized spacial score (nSPS) is 9.53. The minimum Gasteiger partial charge on any atom is -0.395 e. The second-order valence-electron chi connectivity index (χ2n) is 3.50. The third-order valence-corrected chi connectivity index (χ3v) is 3.09. The zero-order valence-corrected chi connectivity index (χ0v) is 10.8. The Kier molecular flexibility index (Phi) is 4.61. The maximum absolute atomic E-state index is 11.9. The number of thiophene rings is 1. The largest absolute Gasteiger partial charge is 0.395 e. The average Bonchev–Trinajstić information content (AvgIpc) is 2.89. The van der Waals surface area contributed by atoms with E-state index in [1.165, 1.54) is 17.5 Å². The summed E-state index contributed by atoms with van der Waals surface area (Å²) in [5.74, 6) is 5.87. The highest BCUT2D eigenvalue weighted by Crippen LogP contribution is 2.16. The summed E-state index contributed by atoms with van der Waals surface area (Å²) in [5.41, 5.74) is 0. The van der Waals surface area contributed by atoms with E-state index in [4.69, 9.17) is 5.11 Å². The Morgan fingerprint density at radius 2 is 2.32 bits per heavy atom. The van der Waals surface area contributed by atoms with Gasteiger partial charge in [0.25, 0.3) is 5.91 Å². The van der Waals surface area contributed by atoms with Crippen molar-refractivity contribution in [2.24, 2.45) is 0 Å². The molecule has 2 aromatic rings. The van der Waals surface area contributed by atoms with E-state index in [0.717, 1.165) is 4.88 Å². The topological polar surface area (TPSA) is 75.1 Å². The number of aromatic nitrogens is 2. The van der Waals surface area contributed by atoms with Crippen LogP contribution in [0.15, 0.2) is 30.5 Å². The van der Waals surface area contributed by atoms with E-state index in [2.05, 4.69) is 27.4 Å². The molecule has 0 aliphatic rings. The van der Waals surface area contributed by atoms with Gasteiger partial charge in [0.2, 0.25) is 0 Å². The lowest BCUT2D eigenvalue weighted by atomic mass is 10.4. The predicted molar refractivity (Wildman–Crippen MR) is 72.9 cm³/mol. The van der Waals surface area contributed by atoms with Crippen molar-refractivity contribution in [1.82, 2.24) is 10.2 Å². The number of anilines is 1. The van der Waals surface area contributed by atoms with Crippen LogP contribution in [0.4, 0.5) is 5.82 Å². The van der Waals surface area contributed by atoms with Gasteiger partial charge in [0, 0.05) is 12.6 Å². The zero-order valence-electron chi connectivity index (χ0n) is 9.96. The molecule has 2 heterocycles. The molecule has 2 rings (SSSR count). The van der Waals surface area contributed by atoms with Gasteiger partial charge in [0.15, 0.2) is 5.82 Å². The molecule has 0 aliphatic carbocycles. The van der Waals surface area contributed by atoms with Crippen molar-refractivity contribution in [2.75, 3.05) is 11.9 Å². The molecule has 0 spiro atoms. The first kappa shape index (κ1) is 13.2. The highest BCUT2D eigenvalue weighted by Gasteiger charge is 2.09. The first-order valence-corrected chi connectivity index (χ1v) is 6.40. The predicted octanol–water partition coefficient (Wildman–Crippen LogP) is 1.52. The molecule has 2 N–H and O–H groups in total. The van der Waals surface area contributed by atoms with Crippen LogP contribution in [-0.2, 0) is 0 Å².